The molecule has 0 atom stereocenters. The van der Waals surface area contributed by atoms with Crippen molar-refractivity contribution in [3.63, 3.8) is 0 Å². The molecule has 0 spiro atoms. The highest BCUT2D eigenvalue weighted by molar-refractivity contribution is 5.77. The molecule has 0 radical (unpaired) electrons. The molecule has 1 N–H and O–H groups in total. The number of nitrogens with one attached hydrogen (secondary N) is 1. The molecule has 0 aliphatic rings. The van der Waals surface area contributed by atoms with Crippen molar-refractivity contribution >= 4 is 11.6 Å². The second-order valence-electron chi connectivity index (χ2n) is 4.36. The lowest BCUT2D eigenvalue weighted by Gasteiger charge is -2.15. The largest absolute Gasteiger partial charge is 0.482 e. The SMILES string of the molecule is CC#CCNc1ccc(C)cc1OCC(=O)N(C)C. The number of rotatable bonds is 5. The van der Waals surface area contributed by atoms with Crippen LogP contribution in [0.1, 0.15) is 12.5 Å². The zero-order valence-corrected chi connectivity index (χ0v) is 11.9. The molecule has 19 heavy (non-hydrogen) atoms. The molecule has 1 aromatic carbocycles. The van der Waals surface area contributed by atoms with Gasteiger partial charge in [-0.25, -0.2) is 0 Å². The minimum atomic E-state index is -0.0687. The topological polar surface area (TPSA) is 41.6 Å². The molecule has 0 heterocycles. The van der Waals surface area contributed by atoms with Crippen LogP contribution < -0.4 is 10.1 Å². The summed E-state index contributed by atoms with van der Waals surface area (Å²) in [5, 5.41) is 3.17. The predicted octanol–water partition coefficient (Wildman–Crippen LogP) is 1.90. The average Bonchev–Trinajstić information content (AvgIpc) is 2.38. The summed E-state index contributed by atoms with van der Waals surface area (Å²) in [5.41, 5.74) is 1.93. The third-order valence-electron chi connectivity index (χ3n) is 2.53. The maximum absolute atomic E-state index is 11.5. The summed E-state index contributed by atoms with van der Waals surface area (Å²) in [4.78, 5) is 13.0. The van der Waals surface area contributed by atoms with Crippen molar-refractivity contribution in [2.75, 3.05) is 32.6 Å². The fourth-order valence-corrected chi connectivity index (χ4v) is 1.39. The first-order valence-corrected chi connectivity index (χ1v) is 6.11. The molecule has 0 fully saturated rings. The number of nitrogens with zero attached hydrogens (tertiary/aromatic N) is 1. The summed E-state index contributed by atoms with van der Waals surface area (Å²) in [6.07, 6.45) is 0. The Morgan fingerprint density at radius 3 is 2.79 bits per heavy atom. The van der Waals surface area contributed by atoms with Gasteiger partial charge in [-0.3, -0.25) is 4.79 Å². The van der Waals surface area contributed by atoms with E-state index < -0.39 is 0 Å². The molecule has 0 unspecified atom stereocenters. The normalized spacial score (nSPS) is 9.26. The van der Waals surface area contributed by atoms with E-state index in [2.05, 4.69) is 17.2 Å². The molecule has 0 saturated heterocycles. The van der Waals surface area contributed by atoms with Gasteiger partial charge in [-0.1, -0.05) is 12.0 Å². The maximum atomic E-state index is 11.5. The Morgan fingerprint density at radius 2 is 2.16 bits per heavy atom. The molecule has 1 rings (SSSR count). The number of carbonyl (C=O) groups excluding carboxylic acids is 1. The first-order chi connectivity index (χ1) is 9.04. The summed E-state index contributed by atoms with van der Waals surface area (Å²) in [6, 6.07) is 5.83. The van der Waals surface area contributed by atoms with Crippen molar-refractivity contribution in [3.8, 4) is 17.6 Å². The van der Waals surface area contributed by atoms with Crippen molar-refractivity contribution in [2.45, 2.75) is 13.8 Å². The molecule has 4 nitrogen and oxygen atoms in total. The number of likely N-dealkylation sites (N-methyl/N-ethyl adjacent to an activating group) is 1. The maximum Gasteiger partial charge on any atom is 0.259 e. The van der Waals surface area contributed by atoms with Gasteiger partial charge in [-0.15, -0.1) is 5.92 Å². The number of benzene rings is 1. The van der Waals surface area contributed by atoms with Crippen LogP contribution in [0.2, 0.25) is 0 Å². The second kappa shape index (κ2) is 7.32. The van der Waals surface area contributed by atoms with Crippen LogP contribution >= 0.6 is 0 Å². The predicted molar refractivity (Wildman–Crippen MR) is 77.3 cm³/mol. The van der Waals surface area contributed by atoms with Gasteiger partial charge in [0.15, 0.2) is 6.61 Å². The summed E-state index contributed by atoms with van der Waals surface area (Å²) in [5.74, 6) is 6.36. The van der Waals surface area contributed by atoms with E-state index >= 15 is 0 Å². The Bertz CT molecular complexity index is 499. The summed E-state index contributed by atoms with van der Waals surface area (Å²) >= 11 is 0. The van der Waals surface area contributed by atoms with E-state index in [1.807, 2.05) is 25.1 Å². The lowest BCUT2D eigenvalue weighted by atomic mass is 10.2. The van der Waals surface area contributed by atoms with Gasteiger partial charge in [-0.05, 0) is 31.5 Å². The molecular weight excluding hydrogens is 240 g/mol. The van der Waals surface area contributed by atoms with Gasteiger partial charge in [0.1, 0.15) is 5.75 Å². The minimum Gasteiger partial charge on any atom is -0.482 e. The van der Waals surface area contributed by atoms with Crippen LogP contribution in [0.4, 0.5) is 5.69 Å². The lowest BCUT2D eigenvalue weighted by molar-refractivity contribution is -0.130. The zero-order chi connectivity index (χ0) is 14.3. The summed E-state index contributed by atoms with van der Waals surface area (Å²) < 4.78 is 5.57. The molecule has 4 heteroatoms. The molecule has 1 aromatic rings. The molecule has 0 aliphatic heterocycles. The Balaban J connectivity index is 2.75. The van der Waals surface area contributed by atoms with E-state index in [0.29, 0.717) is 12.3 Å². The monoisotopic (exact) mass is 260 g/mol. The Hall–Kier alpha value is -2.15. The van der Waals surface area contributed by atoms with E-state index in [4.69, 9.17) is 4.74 Å². The average molecular weight is 260 g/mol. The summed E-state index contributed by atoms with van der Waals surface area (Å²) in [6.45, 7) is 4.36. The van der Waals surface area contributed by atoms with Crippen LogP contribution in [0.25, 0.3) is 0 Å². The Kier molecular flexibility index (Phi) is 5.74. The third-order valence-corrected chi connectivity index (χ3v) is 2.53. The number of anilines is 1. The molecule has 0 bridgehead atoms. The van der Waals surface area contributed by atoms with Crippen LogP contribution in [0.3, 0.4) is 0 Å². The van der Waals surface area contributed by atoms with Crippen molar-refractivity contribution in [2.24, 2.45) is 0 Å². The molecular formula is C15H20N2O2. The first-order valence-electron chi connectivity index (χ1n) is 6.11. The number of ether oxygens (including phenoxy) is 1. The van der Waals surface area contributed by atoms with Gasteiger partial charge in [0.25, 0.3) is 5.91 Å². The first kappa shape index (κ1) is 14.9. The van der Waals surface area contributed by atoms with Crippen molar-refractivity contribution in [1.29, 1.82) is 0 Å². The highest BCUT2D eigenvalue weighted by Crippen LogP contribution is 2.25. The van der Waals surface area contributed by atoms with Crippen molar-refractivity contribution < 1.29 is 9.53 Å². The number of hydrogen-bond donors (Lipinski definition) is 1. The van der Waals surface area contributed by atoms with E-state index in [-0.39, 0.29) is 12.5 Å². The third kappa shape index (κ3) is 4.92. The second-order valence-corrected chi connectivity index (χ2v) is 4.36. The number of carbonyl (C=O) groups is 1. The molecule has 0 aromatic heterocycles. The quantitative estimate of drug-likeness (QED) is 0.822. The van der Waals surface area contributed by atoms with E-state index in [1.165, 1.54) is 4.90 Å². The Morgan fingerprint density at radius 1 is 1.42 bits per heavy atom. The smallest absolute Gasteiger partial charge is 0.259 e. The van der Waals surface area contributed by atoms with Crippen LogP contribution in [0.5, 0.6) is 5.75 Å². The van der Waals surface area contributed by atoms with Gasteiger partial charge in [-0.2, -0.15) is 0 Å². The Labute approximate surface area is 114 Å². The van der Waals surface area contributed by atoms with E-state index in [1.54, 1.807) is 21.0 Å². The standard InChI is InChI=1S/C15H20N2O2/c1-5-6-9-16-13-8-7-12(2)10-14(13)19-11-15(18)17(3)4/h7-8,10,16H,9,11H2,1-4H3. The van der Waals surface area contributed by atoms with Crippen LogP contribution in [0.15, 0.2) is 18.2 Å². The number of hydrogen-bond acceptors (Lipinski definition) is 3. The van der Waals surface area contributed by atoms with Crippen LogP contribution in [-0.2, 0) is 4.79 Å². The van der Waals surface area contributed by atoms with E-state index in [0.717, 1.165) is 11.3 Å². The molecule has 1 amide bonds. The highest BCUT2D eigenvalue weighted by atomic mass is 16.5. The number of amides is 1. The fourth-order valence-electron chi connectivity index (χ4n) is 1.39. The zero-order valence-electron chi connectivity index (χ0n) is 11.9. The summed E-state index contributed by atoms with van der Waals surface area (Å²) in [7, 11) is 3.41. The van der Waals surface area contributed by atoms with Gasteiger partial charge in [0.05, 0.1) is 12.2 Å². The van der Waals surface area contributed by atoms with Crippen LogP contribution in [0, 0.1) is 18.8 Å². The lowest BCUT2D eigenvalue weighted by Crippen LogP contribution is -2.27. The molecule has 0 aliphatic carbocycles. The fraction of sp³-hybridized carbons (Fsp3) is 0.400. The van der Waals surface area contributed by atoms with Gasteiger partial charge in [0.2, 0.25) is 0 Å². The van der Waals surface area contributed by atoms with E-state index in [9.17, 15) is 4.79 Å². The van der Waals surface area contributed by atoms with Gasteiger partial charge >= 0.3 is 0 Å². The highest BCUT2D eigenvalue weighted by Gasteiger charge is 2.08. The van der Waals surface area contributed by atoms with Crippen LogP contribution in [-0.4, -0.2) is 38.1 Å². The van der Waals surface area contributed by atoms with Crippen molar-refractivity contribution in [3.05, 3.63) is 23.8 Å². The van der Waals surface area contributed by atoms with Gasteiger partial charge < -0.3 is 15.0 Å². The number of aryl methyl sites for hydroxylation is 1. The van der Waals surface area contributed by atoms with Gasteiger partial charge in [0, 0.05) is 14.1 Å². The van der Waals surface area contributed by atoms with Crippen molar-refractivity contribution in [1.82, 2.24) is 4.90 Å². The minimum absolute atomic E-state index is 0.0323. The molecule has 102 valence electrons. The molecule has 0 saturated carbocycles.